The van der Waals surface area contributed by atoms with Crippen molar-refractivity contribution >= 4 is 34.1 Å². The van der Waals surface area contributed by atoms with Gasteiger partial charge in [0.05, 0.1) is 46.5 Å². The van der Waals surface area contributed by atoms with Crippen molar-refractivity contribution < 1.29 is 8.78 Å². The average molecular weight is 758 g/mol. The van der Waals surface area contributed by atoms with Gasteiger partial charge in [-0.2, -0.15) is 0 Å². The lowest BCUT2D eigenvalue weighted by atomic mass is 10.1. The van der Waals surface area contributed by atoms with Crippen LogP contribution >= 0.6 is 0 Å². The lowest BCUT2D eigenvalue weighted by Gasteiger charge is -2.26. The molecule has 0 N–H and O–H groups in total. The van der Waals surface area contributed by atoms with Crippen molar-refractivity contribution in [1.82, 2.24) is 14.5 Å². The van der Waals surface area contributed by atoms with Crippen LogP contribution in [0.2, 0.25) is 0 Å². The first-order valence-corrected chi connectivity index (χ1v) is 19.0. The summed E-state index contributed by atoms with van der Waals surface area (Å²) in [6, 6.07) is 61.7. The number of para-hydroxylation sites is 2. The number of halogens is 2. The average Bonchev–Trinajstić information content (AvgIpc) is 3.66. The summed E-state index contributed by atoms with van der Waals surface area (Å²) < 4.78 is 34.5. The van der Waals surface area contributed by atoms with Gasteiger partial charge < -0.3 is 14.4 Å². The number of benzene rings is 6. The Balaban J connectivity index is 1.02. The highest BCUT2D eigenvalue weighted by molar-refractivity contribution is 5.81. The molecule has 58 heavy (non-hydrogen) atoms. The van der Waals surface area contributed by atoms with E-state index in [4.69, 9.17) is 9.97 Å². The molecule has 0 radical (unpaired) electrons. The van der Waals surface area contributed by atoms with Crippen LogP contribution in [0.1, 0.15) is 0 Å². The molecular weight excluding hydrogens is 721 g/mol. The zero-order valence-corrected chi connectivity index (χ0v) is 31.6. The van der Waals surface area contributed by atoms with Crippen molar-refractivity contribution in [1.29, 1.82) is 0 Å². The highest BCUT2D eigenvalue weighted by atomic mass is 19.1. The van der Waals surface area contributed by atoms with Crippen LogP contribution in [0.15, 0.2) is 207 Å². The molecule has 3 heterocycles. The molecule has 7 heteroatoms. The lowest BCUT2D eigenvalue weighted by molar-refractivity contribution is 0.628. The van der Waals surface area contributed by atoms with Crippen LogP contribution in [-0.2, 0) is 7.05 Å². The molecule has 0 amide bonds. The van der Waals surface area contributed by atoms with E-state index in [2.05, 4.69) is 0 Å². The van der Waals surface area contributed by atoms with Crippen LogP contribution in [0.3, 0.4) is 0 Å². The van der Waals surface area contributed by atoms with Crippen molar-refractivity contribution in [3.05, 3.63) is 218 Å². The first-order chi connectivity index (χ1) is 28.5. The molecular formula is C51H37F2N5. The molecule has 6 aromatic carbocycles. The van der Waals surface area contributed by atoms with Gasteiger partial charge in [0.2, 0.25) is 0 Å². The van der Waals surface area contributed by atoms with E-state index in [0.717, 1.165) is 45.3 Å². The zero-order chi connectivity index (χ0) is 39.4. The van der Waals surface area contributed by atoms with Crippen molar-refractivity contribution in [3.63, 3.8) is 0 Å². The monoisotopic (exact) mass is 757 g/mol. The summed E-state index contributed by atoms with van der Waals surface area (Å²) in [5.41, 5.74) is 10.4. The van der Waals surface area contributed by atoms with Gasteiger partial charge in [0.1, 0.15) is 11.6 Å². The number of anilines is 6. The predicted molar refractivity (Wildman–Crippen MR) is 232 cm³/mol. The number of hydrogen-bond acceptors (Lipinski definition) is 4. The third-order valence-corrected chi connectivity index (χ3v) is 10.3. The summed E-state index contributed by atoms with van der Waals surface area (Å²) >= 11 is 0. The lowest BCUT2D eigenvalue weighted by Crippen LogP contribution is -2.11. The Morgan fingerprint density at radius 2 is 0.741 bits per heavy atom. The first-order valence-electron chi connectivity index (χ1n) is 19.0. The van der Waals surface area contributed by atoms with Gasteiger partial charge in [-0.3, -0.25) is 9.97 Å². The van der Waals surface area contributed by atoms with Crippen molar-refractivity contribution in [3.8, 4) is 45.0 Å². The van der Waals surface area contributed by atoms with Crippen LogP contribution in [-0.4, -0.2) is 14.5 Å². The fourth-order valence-electron chi connectivity index (χ4n) is 7.40. The van der Waals surface area contributed by atoms with Crippen LogP contribution < -0.4 is 9.80 Å². The topological polar surface area (TPSA) is 37.2 Å². The molecule has 0 aliphatic rings. The molecule has 0 saturated heterocycles. The van der Waals surface area contributed by atoms with E-state index >= 15 is 8.78 Å². The quantitative estimate of drug-likeness (QED) is 0.139. The van der Waals surface area contributed by atoms with E-state index in [9.17, 15) is 0 Å². The van der Waals surface area contributed by atoms with Gasteiger partial charge in [0, 0.05) is 52.1 Å². The summed E-state index contributed by atoms with van der Waals surface area (Å²) in [6.45, 7) is 0. The molecule has 9 aromatic rings. The summed E-state index contributed by atoms with van der Waals surface area (Å²) in [5.74, 6) is -0.803. The molecule has 0 saturated carbocycles. The van der Waals surface area contributed by atoms with Crippen LogP contribution in [0.25, 0.3) is 45.0 Å². The van der Waals surface area contributed by atoms with Gasteiger partial charge in [-0.15, -0.1) is 0 Å². The standard InChI is InChI=1S/C51H37F2N5/c1-56-50(44-26-22-40(32-46(44)52)57(38-18-10-4-11-19-38)42-24-28-48(54-34-42)36-14-6-2-7-15-36)30-31-51(56)45-27-23-41(33-47(45)53)58(39-20-12-5-13-21-39)43-25-29-49(55-35-43)37-16-8-3-9-17-37/h2-35H,1H3. The minimum absolute atomic E-state index is 0.402. The molecule has 0 atom stereocenters. The van der Waals surface area contributed by atoms with Crippen molar-refractivity contribution in [2.24, 2.45) is 7.05 Å². The van der Waals surface area contributed by atoms with Crippen molar-refractivity contribution in [2.45, 2.75) is 0 Å². The normalized spacial score (nSPS) is 11.0. The van der Waals surface area contributed by atoms with Crippen LogP contribution in [0.4, 0.5) is 42.9 Å². The first kappa shape index (κ1) is 36.0. The Morgan fingerprint density at radius 3 is 1.09 bits per heavy atom. The molecule has 0 bridgehead atoms. The minimum atomic E-state index is -0.402. The fourth-order valence-corrected chi connectivity index (χ4v) is 7.40. The molecule has 280 valence electrons. The molecule has 0 unspecified atom stereocenters. The maximum Gasteiger partial charge on any atom is 0.134 e. The van der Waals surface area contributed by atoms with Gasteiger partial charge >= 0.3 is 0 Å². The van der Waals surface area contributed by atoms with Gasteiger partial charge in [0.15, 0.2) is 0 Å². The number of aromatic nitrogens is 3. The van der Waals surface area contributed by atoms with E-state index in [1.54, 1.807) is 12.1 Å². The SMILES string of the molecule is Cn1c(-c2ccc(N(c3ccccc3)c3ccc(-c4ccccc4)nc3)cc2F)ccc1-c1ccc(N(c2ccccc2)c2ccc(-c3ccccc3)nc2)cc1F. The Kier molecular flexibility index (Phi) is 9.84. The molecule has 3 aromatic heterocycles. The number of pyridine rings is 2. The maximum atomic E-state index is 16.3. The molecule has 5 nitrogen and oxygen atoms in total. The van der Waals surface area contributed by atoms with E-state index < -0.39 is 11.6 Å². The Morgan fingerprint density at radius 1 is 0.379 bits per heavy atom. The Bertz CT molecular complexity index is 2600. The minimum Gasteiger partial charge on any atom is -0.343 e. The third kappa shape index (κ3) is 7.13. The molecule has 0 aliphatic carbocycles. The number of nitrogens with zero attached hydrogens (tertiary/aromatic N) is 5. The predicted octanol–water partition coefficient (Wildman–Crippen LogP) is 13.7. The maximum absolute atomic E-state index is 16.3. The second-order valence-electron chi connectivity index (χ2n) is 13.9. The summed E-state index contributed by atoms with van der Waals surface area (Å²) in [5, 5.41) is 0. The molecule has 0 fully saturated rings. The second kappa shape index (κ2) is 15.8. The Labute approximate surface area is 336 Å². The molecule has 9 rings (SSSR count). The summed E-state index contributed by atoms with van der Waals surface area (Å²) in [7, 11) is 1.83. The second-order valence-corrected chi connectivity index (χ2v) is 13.9. The Hall–Kier alpha value is -7.64. The van der Waals surface area contributed by atoms with Gasteiger partial charge in [0.25, 0.3) is 0 Å². The van der Waals surface area contributed by atoms with E-state index in [0.29, 0.717) is 33.9 Å². The summed E-state index contributed by atoms with van der Waals surface area (Å²) in [6.07, 6.45) is 3.62. The number of hydrogen-bond donors (Lipinski definition) is 0. The van der Waals surface area contributed by atoms with Gasteiger partial charge in [-0.25, -0.2) is 8.78 Å². The molecule has 0 aliphatic heterocycles. The smallest absolute Gasteiger partial charge is 0.134 e. The van der Waals surface area contributed by atoms with Crippen LogP contribution in [0.5, 0.6) is 0 Å². The highest BCUT2D eigenvalue weighted by Crippen LogP contribution is 2.40. The molecule has 0 spiro atoms. The number of rotatable bonds is 10. The highest BCUT2D eigenvalue weighted by Gasteiger charge is 2.21. The van der Waals surface area contributed by atoms with E-state index in [-0.39, 0.29) is 0 Å². The summed E-state index contributed by atoms with van der Waals surface area (Å²) in [4.78, 5) is 13.4. The fraction of sp³-hybridized carbons (Fsp3) is 0.0196. The van der Waals surface area contributed by atoms with Gasteiger partial charge in [-0.1, -0.05) is 97.1 Å². The van der Waals surface area contributed by atoms with Crippen LogP contribution in [0, 0.1) is 11.6 Å². The largest absolute Gasteiger partial charge is 0.343 e. The van der Waals surface area contributed by atoms with E-state index in [1.165, 1.54) is 12.1 Å². The third-order valence-electron chi connectivity index (χ3n) is 10.3. The zero-order valence-electron chi connectivity index (χ0n) is 31.6. The van der Waals surface area contributed by atoms with E-state index in [1.807, 2.05) is 204 Å². The van der Waals surface area contributed by atoms with Gasteiger partial charge in [-0.05, 0) is 97.1 Å². The van der Waals surface area contributed by atoms with Crippen molar-refractivity contribution in [2.75, 3.05) is 9.80 Å².